The number of carbonyl (C=O) groups is 2. The third-order valence-electron chi connectivity index (χ3n) is 4.66. The molecule has 0 unspecified atom stereocenters. The molecule has 7 heteroatoms. The van der Waals surface area contributed by atoms with E-state index in [0.29, 0.717) is 30.5 Å². The van der Waals surface area contributed by atoms with Crippen LogP contribution < -0.4 is 5.32 Å². The molecule has 2 amide bonds. The number of amides is 2. The van der Waals surface area contributed by atoms with Crippen LogP contribution in [0.4, 0.5) is 0 Å². The summed E-state index contributed by atoms with van der Waals surface area (Å²) in [5.41, 5.74) is 0. The minimum absolute atomic E-state index is 0.00580. The number of likely N-dealkylation sites (tertiary alicyclic amines) is 1. The predicted octanol–water partition coefficient (Wildman–Crippen LogP) is 1.64. The Balaban J connectivity index is 1.37. The highest BCUT2D eigenvalue weighted by atomic mass is 16.5. The Hall–Kier alpha value is -1.92. The summed E-state index contributed by atoms with van der Waals surface area (Å²) in [6.07, 6.45) is 4.57. The van der Waals surface area contributed by atoms with Crippen molar-refractivity contribution in [3.05, 3.63) is 11.7 Å². The van der Waals surface area contributed by atoms with Crippen molar-refractivity contribution in [3.8, 4) is 0 Å². The normalized spacial score (nSPS) is 18.9. The van der Waals surface area contributed by atoms with Gasteiger partial charge in [-0.05, 0) is 25.7 Å². The number of aryl methyl sites for hydroxylation is 1. The van der Waals surface area contributed by atoms with Crippen LogP contribution in [-0.4, -0.2) is 46.0 Å². The molecule has 0 aromatic carbocycles. The van der Waals surface area contributed by atoms with E-state index in [2.05, 4.69) is 15.5 Å². The number of nitrogens with one attached hydrogen (secondary N) is 1. The van der Waals surface area contributed by atoms with E-state index in [9.17, 15) is 9.59 Å². The molecule has 2 fully saturated rings. The summed E-state index contributed by atoms with van der Waals surface area (Å²) in [7, 11) is 0. The molecule has 132 valence electrons. The lowest BCUT2D eigenvalue weighted by Crippen LogP contribution is -2.47. The summed E-state index contributed by atoms with van der Waals surface area (Å²) in [6.45, 7) is 5.51. The highest BCUT2D eigenvalue weighted by molar-refractivity contribution is 5.81. The van der Waals surface area contributed by atoms with E-state index in [1.54, 1.807) is 0 Å². The van der Waals surface area contributed by atoms with Crippen LogP contribution in [0.2, 0.25) is 0 Å². The summed E-state index contributed by atoms with van der Waals surface area (Å²) >= 11 is 0. The molecule has 1 saturated heterocycles. The van der Waals surface area contributed by atoms with E-state index >= 15 is 0 Å². The fourth-order valence-electron chi connectivity index (χ4n) is 2.96. The molecule has 2 heterocycles. The second-order valence-electron chi connectivity index (χ2n) is 7.14. The molecule has 0 radical (unpaired) electrons. The Morgan fingerprint density at radius 3 is 2.54 bits per heavy atom. The number of rotatable bonds is 6. The van der Waals surface area contributed by atoms with Crippen LogP contribution in [0.15, 0.2) is 4.52 Å². The van der Waals surface area contributed by atoms with Gasteiger partial charge < -0.3 is 14.7 Å². The minimum Gasteiger partial charge on any atom is -0.353 e. The topological polar surface area (TPSA) is 88.3 Å². The predicted molar refractivity (Wildman–Crippen MR) is 87.2 cm³/mol. The van der Waals surface area contributed by atoms with E-state index in [1.165, 1.54) is 0 Å². The van der Waals surface area contributed by atoms with Crippen LogP contribution in [0.25, 0.3) is 0 Å². The van der Waals surface area contributed by atoms with E-state index in [4.69, 9.17) is 4.52 Å². The van der Waals surface area contributed by atoms with Crippen molar-refractivity contribution in [2.75, 3.05) is 13.1 Å². The van der Waals surface area contributed by atoms with Crippen LogP contribution in [-0.2, 0) is 16.0 Å². The number of aromatic nitrogens is 2. The first-order chi connectivity index (χ1) is 11.5. The van der Waals surface area contributed by atoms with Gasteiger partial charge in [-0.2, -0.15) is 4.98 Å². The van der Waals surface area contributed by atoms with E-state index < -0.39 is 0 Å². The van der Waals surface area contributed by atoms with Crippen LogP contribution in [0.5, 0.6) is 0 Å². The third kappa shape index (κ3) is 4.33. The van der Waals surface area contributed by atoms with Gasteiger partial charge in [0.1, 0.15) is 0 Å². The molecular formula is C17H26N4O3. The van der Waals surface area contributed by atoms with Crippen LogP contribution >= 0.6 is 0 Å². The quantitative estimate of drug-likeness (QED) is 0.854. The molecule has 7 nitrogen and oxygen atoms in total. The maximum atomic E-state index is 12.1. The first-order valence-electron chi connectivity index (χ1n) is 8.93. The number of piperidine rings is 1. The van der Waals surface area contributed by atoms with Gasteiger partial charge in [-0.3, -0.25) is 9.59 Å². The van der Waals surface area contributed by atoms with Gasteiger partial charge in [0, 0.05) is 43.8 Å². The zero-order valence-electron chi connectivity index (χ0n) is 14.5. The van der Waals surface area contributed by atoms with Crippen molar-refractivity contribution in [1.29, 1.82) is 0 Å². The fourth-order valence-corrected chi connectivity index (χ4v) is 2.96. The molecule has 1 aromatic heterocycles. The van der Waals surface area contributed by atoms with E-state index in [0.717, 1.165) is 38.8 Å². The summed E-state index contributed by atoms with van der Waals surface area (Å²) in [5.74, 6) is 2.00. The average Bonchev–Trinajstić information content (AvgIpc) is 3.30. The van der Waals surface area contributed by atoms with Gasteiger partial charge in [0.2, 0.25) is 17.7 Å². The van der Waals surface area contributed by atoms with Gasteiger partial charge in [0.05, 0.1) is 0 Å². The van der Waals surface area contributed by atoms with E-state index in [1.807, 2.05) is 18.7 Å². The first kappa shape index (κ1) is 16.9. The Kier molecular flexibility index (Phi) is 5.16. The molecule has 0 spiro atoms. The first-order valence-corrected chi connectivity index (χ1v) is 8.93. The highest BCUT2D eigenvalue weighted by Crippen LogP contribution is 2.31. The third-order valence-corrected chi connectivity index (χ3v) is 4.66. The average molecular weight is 334 g/mol. The molecule has 1 aromatic rings. The molecular weight excluding hydrogens is 308 g/mol. The summed E-state index contributed by atoms with van der Waals surface area (Å²) < 4.78 is 5.15. The Morgan fingerprint density at radius 1 is 1.25 bits per heavy atom. The van der Waals surface area contributed by atoms with Gasteiger partial charge in [0.15, 0.2) is 5.82 Å². The molecule has 0 bridgehead atoms. The molecule has 1 N–H and O–H groups in total. The molecule has 24 heavy (non-hydrogen) atoms. The fraction of sp³-hybridized carbons (Fsp3) is 0.765. The number of carbonyl (C=O) groups excluding carboxylic acids is 2. The van der Waals surface area contributed by atoms with Crippen molar-refractivity contribution in [3.63, 3.8) is 0 Å². The summed E-state index contributed by atoms with van der Waals surface area (Å²) in [4.78, 5) is 30.3. The summed E-state index contributed by atoms with van der Waals surface area (Å²) in [5, 5.41) is 6.95. The van der Waals surface area contributed by atoms with Gasteiger partial charge in [-0.15, -0.1) is 0 Å². The maximum Gasteiger partial charge on any atom is 0.227 e. The number of hydrogen-bond acceptors (Lipinski definition) is 5. The molecule has 0 atom stereocenters. The van der Waals surface area contributed by atoms with Gasteiger partial charge in [-0.1, -0.05) is 19.0 Å². The zero-order valence-corrected chi connectivity index (χ0v) is 14.5. The lowest BCUT2D eigenvalue weighted by Gasteiger charge is -2.32. The lowest BCUT2D eigenvalue weighted by atomic mass is 10.0. The van der Waals surface area contributed by atoms with Crippen LogP contribution in [0.3, 0.4) is 0 Å². The van der Waals surface area contributed by atoms with Gasteiger partial charge >= 0.3 is 0 Å². The number of hydrogen-bond donors (Lipinski definition) is 1. The van der Waals surface area contributed by atoms with Crippen molar-refractivity contribution in [1.82, 2.24) is 20.4 Å². The van der Waals surface area contributed by atoms with Gasteiger partial charge in [-0.25, -0.2) is 0 Å². The largest absolute Gasteiger partial charge is 0.353 e. The smallest absolute Gasteiger partial charge is 0.227 e. The van der Waals surface area contributed by atoms with Gasteiger partial charge in [0.25, 0.3) is 0 Å². The van der Waals surface area contributed by atoms with Crippen LogP contribution in [0.1, 0.15) is 63.6 Å². The van der Waals surface area contributed by atoms with Crippen molar-refractivity contribution >= 4 is 11.8 Å². The Bertz CT molecular complexity index is 586. The second-order valence-corrected chi connectivity index (χ2v) is 7.14. The Morgan fingerprint density at radius 2 is 1.96 bits per heavy atom. The summed E-state index contributed by atoms with van der Waals surface area (Å²) in [6, 6.07) is 0.162. The number of nitrogens with zero attached hydrogens (tertiary/aromatic N) is 3. The standard InChI is InChI=1S/C17H26N4O3/c1-11(2)16-19-15(24-20-16)6-5-14(22)18-13-7-9-21(10-8-13)17(23)12-3-4-12/h11-13H,3-10H2,1-2H3,(H,18,22). The molecule has 3 rings (SSSR count). The minimum atomic E-state index is 0.00580. The molecule has 2 aliphatic rings. The highest BCUT2D eigenvalue weighted by Gasteiger charge is 2.35. The molecule has 1 saturated carbocycles. The SMILES string of the molecule is CC(C)c1noc(CCC(=O)NC2CCN(C(=O)C3CC3)CC2)n1. The van der Waals surface area contributed by atoms with Crippen molar-refractivity contribution in [2.45, 2.75) is 64.3 Å². The molecule has 1 aliphatic heterocycles. The lowest BCUT2D eigenvalue weighted by molar-refractivity contribution is -0.133. The van der Waals surface area contributed by atoms with Crippen molar-refractivity contribution in [2.24, 2.45) is 5.92 Å². The van der Waals surface area contributed by atoms with Crippen LogP contribution in [0, 0.1) is 5.92 Å². The van der Waals surface area contributed by atoms with E-state index in [-0.39, 0.29) is 23.8 Å². The zero-order chi connectivity index (χ0) is 17.1. The second kappa shape index (κ2) is 7.32. The monoisotopic (exact) mass is 334 g/mol. The maximum absolute atomic E-state index is 12.1. The van der Waals surface area contributed by atoms with Crippen molar-refractivity contribution < 1.29 is 14.1 Å². The molecule has 1 aliphatic carbocycles. The Labute approximate surface area is 142 Å².